The van der Waals surface area contributed by atoms with Crippen LogP contribution in [0, 0.1) is 11.3 Å². The molecule has 0 bridgehead atoms. The van der Waals surface area contributed by atoms with Crippen molar-refractivity contribution in [3.05, 3.63) is 35.9 Å². The highest BCUT2D eigenvalue weighted by molar-refractivity contribution is 5.21. The van der Waals surface area contributed by atoms with Crippen LogP contribution in [0.25, 0.3) is 0 Å². The van der Waals surface area contributed by atoms with Gasteiger partial charge in [-0.05, 0) is 30.0 Å². The molecule has 1 N–H and O–H groups in total. The molecule has 0 heterocycles. The van der Waals surface area contributed by atoms with Gasteiger partial charge in [-0.1, -0.05) is 71.9 Å². The lowest BCUT2D eigenvalue weighted by atomic mass is 9.79. The summed E-state index contributed by atoms with van der Waals surface area (Å²) in [6, 6.07) is 11.3. The van der Waals surface area contributed by atoms with Crippen molar-refractivity contribution in [1.29, 1.82) is 0 Å². The van der Waals surface area contributed by atoms with Gasteiger partial charge >= 0.3 is 0 Å². The molecule has 1 rings (SSSR count). The van der Waals surface area contributed by atoms with Crippen LogP contribution in [0.4, 0.5) is 0 Å². The Balaban J connectivity index is 2.88. The molecular formula is C19H34N2. The Bertz CT molecular complexity index is 384. The van der Waals surface area contributed by atoms with Crippen molar-refractivity contribution in [1.82, 2.24) is 10.2 Å². The second-order valence-electron chi connectivity index (χ2n) is 7.11. The summed E-state index contributed by atoms with van der Waals surface area (Å²) in [6.07, 6.45) is 0. The highest BCUT2D eigenvalue weighted by atomic mass is 15.1. The molecule has 0 aromatic heterocycles. The number of hydrogen-bond acceptors (Lipinski definition) is 2. The number of hydrogen-bond donors (Lipinski definition) is 1. The topological polar surface area (TPSA) is 15.3 Å². The van der Waals surface area contributed by atoms with Crippen LogP contribution < -0.4 is 5.32 Å². The van der Waals surface area contributed by atoms with E-state index in [1.807, 2.05) is 0 Å². The van der Waals surface area contributed by atoms with Crippen LogP contribution in [0.2, 0.25) is 0 Å². The van der Waals surface area contributed by atoms with E-state index in [1.165, 1.54) is 12.1 Å². The van der Waals surface area contributed by atoms with Gasteiger partial charge in [-0.25, -0.2) is 0 Å². The molecular weight excluding hydrogens is 256 g/mol. The summed E-state index contributed by atoms with van der Waals surface area (Å²) < 4.78 is 0. The molecule has 2 nitrogen and oxygen atoms in total. The number of nitrogens with one attached hydrogen (secondary N) is 1. The van der Waals surface area contributed by atoms with Gasteiger partial charge in [0.05, 0.1) is 0 Å². The Morgan fingerprint density at radius 1 is 1.10 bits per heavy atom. The minimum Gasteiger partial charge on any atom is -0.310 e. The summed E-state index contributed by atoms with van der Waals surface area (Å²) in [7, 11) is 0. The van der Waals surface area contributed by atoms with Gasteiger partial charge in [-0.3, -0.25) is 0 Å². The normalized spacial score (nSPS) is 13.9. The van der Waals surface area contributed by atoms with E-state index in [1.54, 1.807) is 0 Å². The highest BCUT2D eigenvalue weighted by Gasteiger charge is 2.31. The van der Waals surface area contributed by atoms with Gasteiger partial charge in [0.25, 0.3) is 0 Å². The van der Waals surface area contributed by atoms with Crippen molar-refractivity contribution in [2.45, 2.75) is 47.6 Å². The van der Waals surface area contributed by atoms with Crippen molar-refractivity contribution < 1.29 is 0 Å². The van der Waals surface area contributed by atoms with Crippen molar-refractivity contribution in [2.75, 3.05) is 26.2 Å². The molecule has 2 heteroatoms. The number of benzene rings is 1. The first-order valence-electron chi connectivity index (χ1n) is 8.41. The second-order valence-corrected chi connectivity index (χ2v) is 7.11. The van der Waals surface area contributed by atoms with E-state index < -0.39 is 0 Å². The van der Waals surface area contributed by atoms with Gasteiger partial charge in [0.15, 0.2) is 0 Å². The van der Waals surface area contributed by atoms with Crippen LogP contribution in [0.15, 0.2) is 30.3 Å². The third-order valence-corrected chi connectivity index (χ3v) is 4.02. The summed E-state index contributed by atoms with van der Waals surface area (Å²) in [4.78, 5) is 2.58. The maximum atomic E-state index is 3.70. The molecule has 0 aliphatic rings. The van der Waals surface area contributed by atoms with Gasteiger partial charge < -0.3 is 10.2 Å². The standard InChI is InChI=1S/C19H34N2/c1-7-20-18(17-12-10-9-11-13-17)19(5,6)15-21(8-2)14-16(3)4/h9-13,16,18,20H,7-8,14-15H2,1-6H3. The largest absolute Gasteiger partial charge is 0.310 e. The molecule has 0 saturated heterocycles. The lowest BCUT2D eigenvalue weighted by Gasteiger charge is -2.39. The number of nitrogens with zero attached hydrogens (tertiary/aromatic N) is 1. The predicted octanol–water partition coefficient (Wildman–Crippen LogP) is 4.34. The predicted molar refractivity (Wildman–Crippen MR) is 93.6 cm³/mol. The smallest absolute Gasteiger partial charge is 0.0384 e. The first kappa shape index (κ1) is 18.2. The van der Waals surface area contributed by atoms with Gasteiger partial charge in [-0.2, -0.15) is 0 Å². The summed E-state index contributed by atoms with van der Waals surface area (Å²) >= 11 is 0. The van der Waals surface area contributed by atoms with Crippen LogP contribution in [0.5, 0.6) is 0 Å². The Kier molecular flexibility index (Phi) is 7.41. The molecule has 0 aliphatic heterocycles. The fourth-order valence-electron chi connectivity index (χ4n) is 3.18. The van der Waals surface area contributed by atoms with Crippen LogP contribution in [0.3, 0.4) is 0 Å². The average Bonchev–Trinajstić information content (AvgIpc) is 2.44. The summed E-state index contributed by atoms with van der Waals surface area (Å²) in [5.74, 6) is 0.718. The highest BCUT2D eigenvalue weighted by Crippen LogP contribution is 2.34. The molecule has 1 atom stereocenters. The zero-order valence-electron chi connectivity index (χ0n) is 14.8. The van der Waals surface area contributed by atoms with E-state index in [-0.39, 0.29) is 5.41 Å². The molecule has 0 spiro atoms. The first-order valence-corrected chi connectivity index (χ1v) is 8.41. The zero-order valence-corrected chi connectivity index (χ0v) is 14.8. The Morgan fingerprint density at radius 2 is 1.71 bits per heavy atom. The van der Waals surface area contributed by atoms with Gasteiger partial charge in [0, 0.05) is 19.1 Å². The third-order valence-electron chi connectivity index (χ3n) is 4.02. The van der Waals surface area contributed by atoms with E-state index in [0.29, 0.717) is 6.04 Å². The van der Waals surface area contributed by atoms with E-state index in [9.17, 15) is 0 Å². The monoisotopic (exact) mass is 290 g/mol. The van der Waals surface area contributed by atoms with Crippen LogP contribution in [0.1, 0.15) is 53.1 Å². The first-order chi connectivity index (χ1) is 9.90. The van der Waals surface area contributed by atoms with E-state index >= 15 is 0 Å². The van der Waals surface area contributed by atoms with Crippen LogP contribution in [-0.2, 0) is 0 Å². The van der Waals surface area contributed by atoms with E-state index in [4.69, 9.17) is 0 Å². The van der Waals surface area contributed by atoms with E-state index in [2.05, 4.69) is 82.1 Å². The van der Waals surface area contributed by atoms with Gasteiger partial charge in [0.2, 0.25) is 0 Å². The van der Waals surface area contributed by atoms with Crippen LogP contribution >= 0.6 is 0 Å². The average molecular weight is 290 g/mol. The SMILES string of the molecule is CCNC(c1ccccc1)C(C)(C)CN(CC)CC(C)C. The molecule has 0 fully saturated rings. The minimum absolute atomic E-state index is 0.197. The van der Waals surface area contributed by atoms with Crippen molar-refractivity contribution >= 4 is 0 Å². The van der Waals surface area contributed by atoms with Gasteiger partial charge in [0.1, 0.15) is 0 Å². The fraction of sp³-hybridized carbons (Fsp3) is 0.684. The number of rotatable bonds is 9. The Labute approximate surface area is 131 Å². The maximum Gasteiger partial charge on any atom is 0.0384 e. The minimum atomic E-state index is 0.197. The lowest BCUT2D eigenvalue weighted by Crippen LogP contribution is -2.44. The van der Waals surface area contributed by atoms with E-state index in [0.717, 1.165) is 25.6 Å². The molecule has 0 saturated carbocycles. The third kappa shape index (κ3) is 5.80. The van der Waals surface area contributed by atoms with Gasteiger partial charge in [-0.15, -0.1) is 0 Å². The molecule has 1 unspecified atom stereocenters. The molecule has 1 aromatic carbocycles. The van der Waals surface area contributed by atoms with Crippen LogP contribution in [-0.4, -0.2) is 31.1 Å². The quantitative estimate of drug-likeness (QED) is 0.728. The second kappa shape index (κ2) is 8.55. The summed E-state index contributed by atoms with van der Waals surface area (Å²) in [5.41, 5.74) is 1.59. The van der Waals surface area contributed by atoms with Crippen molar-refractivity contribution in [3.8, 4) is 0 Å². The summed E-state index contributed by atoms with van der Waals surface area (Å²) in [5, 5.41) is 3.70. The molecule has 0 amide bonds. The molecule has 120 valence electrons. The fourth-order valence-corrected chi connectivity index (χ4v) is 3.18. The Morgan fingerprint density at radius 3 is 2.19 bits per heavy atom. The van der Waals surface area contributed by atoms with Crippen molar-refractivity contribution in [3.63, 3.8) is 0 Å². The van der Waals surface area contributed by atoms with Crippen molar-refractivity contribution in [2.24, 2.45) is 11.3 Å². The Hall–Kier alpha value is -0.860. The summed E-state index contributed by atoms with van der Waals surface area (Å²) in [6.45, 7) is 18.2. The zero-order chi connectivity index (χ0) is 15.9. The maximum absolute atomic E-state index is 3.70. The molecule has 21 heavy (non-hydrogen) atoms. The molecule has 1 aromatic rings. The molecule has 0 aliphatic carbocycles. The lowest BCUT2D eigenvalue weighted by molar-refractivity contribution is 0.131. The molecule has 0 radical (unpaired) electrons.